The number of ether oxygens (including phenoxy) is 2. The van der Waals surface area contributed by atoms with Gasteiger partial charge in [-0.2, -0.15) is 0 Å². The van der Waals surface area contributed by atoms with Crippen LogP contribution in [0.1, 0.15) is 0 Å². The third-order valence-electron chi connectivity index (χ3n) is 0.947. The molecule has 0 saturated carbocycles. The molecular weight excluding hydrogens is 236 g/mol. The van der Waals surface area contributed by atoms with Crippen LogP contribution in [0.5, 0.6) is 0 Å². The summed E-state index contributed by atoms with van der Waals surface area (Å²) in [4.78, 5) is 21.0. The minimum atomic E-state index is -2.85. The molecule has 90 valence electrons. The van der Waals surface area contributed by atoms with Crippen molar-refractivity contribution in [2.24, 2.45) is 0 Å². The molecule has 0 aliphatic rings. The van der Waals surface area contributed by atoms with Gasteiger partial charge in [-0.3, -0.25) is 0 Å². The van der Waals surface area contributed by atoms with Crippen LogP contribution in [0.3, 0.4) is 0 Å². The average Bonchev–Trinajstić information content (AvgIpc) is 2.20. The van der Waals surface area contributed by atoms with Crippen LogP contribution in [0.15, 0.2) is 0 Å². The monoisotopic (exact) mass is 242 g/mol. The number of esters is 2. The van der Waals surface area contributed by atoms with Crippen molar-refractivity contribution in [3.05, 3.63) is 0 Å². The van der Waals surface area contributed by atoms with E-state index >= 15 is 0 Å². The minimum absolute atomic E-state index is 1.15. The first kappa shape index (κ1) is 14.2. The Labute approximate surface area is 87.5 Å². The SMILES string of the molecule is O=C(C#CC(=O)OCC(F)F)OCC(F)F. The van der Waals surface area contributed by atoms with Gasteiger partial charge in [0.2, 0.25) is 0 Å². The number of carbonyl (C=O) groups is 2. The van der Waals surface area contributed by atoms with Crippen molar-refractivity contribution >= 4 is 11.9 Å². The van der Waals surface area contributed by atoms with Crippen molar-refractivity contribution in [2.45, 2.75) is 12.9 Å². The molecule has 0 bridgehead atoms. The normalized spacial score (nSPS) is 9.62. The summed E-state index contributed by atoms with van der Waals surface area (Å²) in [6.45, 7) is -2.31. The minimum Gasteiger partial charge on any atom is -0.450 e. The van der Waals surface area contributed by atoms with Crippen LogP contribution < -0.4 is 0 Å². The third-order valence-corrected chi connectivity index (χ3v) is 0.947. The van der Waals surface area contributed by atoms with Crippen LogP contribution >= 0.6 is 0 Å². The van der Waals surface area contributed by atoms with E-state index < -0.39 is 38.0 Å². The maximum atomic E-state index is 11.5. The molecule has 0 aliphatic heterocycles. The maximum Gasteiger partial charge on any atom is 0.385 e. The largest absolute Gasteiger partial charge is 0.450 e. The number of rotatable bonds is 4. The smallest absolute Gasteiger partial charge is 0.385 e. The van der Waals surface area contributed by atoms with Gasteiger partial charge in [-0.15, -0.1) is 0 Å². The molecule has 0 aromatic rings. The van der Waals surface area contributed by atoms with Crippen molar-refractivity contribution < 1.29 is 36.6 Å². The molecule has 0 aromatic heterocycles. The van der Waals surface area contributed by atoms with E-state index in [9.17, 15) is 27.2 Å². The van der Waals surface area contributed by atoms with E-state index in [1.807, 2.05) is 0 Å². The molecule has 16 heavy (non-hydrogen) atoms. The second-order valence-corrected chi connectivity index (χ2v) is 2.23. The van der Waals surface area contributed by atoms with Crippen molar-refractivity contribution in [1.82, 2.24) is 0 Å². The molecule has 0 unspecified atom stereocenters. The summed E-state index contributed by atoms with van der Waals surface area (Å²) >= 11 is 0. The number of alkyl halides is 4. The summed E-state index contributed by atoms with van der Waals surface area (Å²) in [6, 6.07) is 0. The van der Waals surface area contributed by atoms with Gasteiger partial charge in [-0.05, 0) is 0 Å². The second kappa shape index (κ2) is 7.50. The van der Waals surface area contributed by atoms with Crippen LogP contribution in [-0.4, -0.2) is 38.0 Å². The van der Waals surface area contributed by atoms with Gasteiger partial charge >= 0.3 is 11.9 Å². The molecule has 0 radical (unpaired) electrons. The molecule has 0 heterocycles. The van der Waals surface area contributed by atoms with E-state index in [1.54, 1.807) is 0 Å². The standard InChI is InChI=1S/C8H6F4O4/c9-5(10)3-15-7(13)1-2-8(14)16-4-6(11)12/h5-6H,3-4H2. The number of carbonyl (C=O) groups excluding carboxylic acids is 2. The molecule has 0 saturated heterocycles. The van der Waals surface area contributed by atoms with Gasteiger partial charge in [-0.1, -0.05) is 0 Å². The number of hydrogen-bond acceptors (Lipinski definition) is 4. The van der Waals surface area contributed by atoms with Crippen molar-refractivity contribution in [3.63, 3.8) is 0 Å². The van der Waals surface area contributed by atoms with Gasteiger partial charge in [0.25, 0.3) is 12.9 Å². The summed E-state index contributed by atoms with van der Waals surface area (Å²) in [7, 11) is 0. The lowest BCUT2D eigenvalue weighted by Crippen LogP contribution is -2.12. The van der Waals surface area contributed by atoms with Crippen molar-refractivity contribution in [2.75, 3.05) is 13.2 Å². The van der Waals surface area contributed by atoms with Gasteiger partial charge in [0.15, 0.2) is 13.2 Å². The third kappa shape index (κ3) is 8.80. The zero-order valence-corrected chi connectivity index (χ0v) is 7.71. The number of halogens is 4. The zero-order valence-electron chi connectivity index (χ0n) is 7.71. The van der Waals surface area contributed by atoms with Gasteiger partial charge < -0.3 is 9.47 Å². The second-order valence-electron chi connectivity index (χ2n) is 2.23. The van der Waals surface area contributed by atoms with E-state index in [4.69, 9.17) is 0 Å². The maximum absolute atomic E-state index is 11.5. The molecule has 0 amide bonds. The highest BCUT2D eigenvalue weighted by molar-refractivity contribution is 5.98. The van der Waals surface area contributed by atoms with E-state index in [2.05, 4.69) is 9.47 Å². The molecule has 0 N–H and O–H groups in total. The molecule has 0 aliphatic carbocycles. The van der Waals surface area contributed by atoms with Crippen LogP contribution in [0.4, 0.5) is 17.6 Å². The highest BCUT2D eigenvalue weighted by Crippen LogP contribution is 1.93. The quantitative estimate of drug-likeness (QED) is 0.313. The van der Waals surface area contributed by atoms with Crippen LogP contribution in [-0.2, 0) is 19.1 Å². The lowest BCUT2D eigenvalue weighted by molar-refractivity contribution is -0.142. The van der Waals surface area contributed by atoms with Gasteiger partial charge in [0.1, 0.15) is 0 Å². The lowest BCUT2D eigenvalue weighted by atomic mass is 10.5. The van der Waals surface area contributed by atoms with E-state index in [0.29, 0.717) is 0 Å². The fourth-order valence-electron chi connectivity index (χ4n) is 0.452. The highest BCUT2D eigenvalue weighted by atomic mass is 19.3. The molecule has 0 spiro atoms. The van der Waals surface area contributed by atoms with Crippen LogP contribution in [0.2, 0.25) is 0 Å². The van der Waals surface area contributed by atoms with Gasteiger partial charge in [0.05, 0.1) is 0 Å². The summed E-state index contributed by atoms with van der Waals surface area (Å²) < 4.78 is 53.7. The zero-order chi connectivity index (χ0) is 12.6. The Kier molecular flexibility index (Phi) is 6.67. The van der Waals surface area contributed by atoms with Crippen LogP contribution in [0, 0.1) is 11.8 Å². The van der Waals surface area contributed by atoms with Crippen LogP contribution in [0.25, 0.3) is 0 Å². The van der Waals surface area contributed by atoms with E-state index in [0.717, 1.165) is 0 Å². The summed E-state index contributed by atoms with van der Waals surface area (Å²) in [5, 5.41) is 0. The predicted molar refractivity (Wildman–Crippen MR) is 41.7 cm³/mol. The fraction of sp³-hybridized carbons (Fsp3) is 0.500. The first-order chi connectivity index (χ1) is 7.41. The summed E-state index contributed by atoms with van der Waals surface area (Å²) in [5.74, 6) is 0.262. The topological polar surface area (TPSA) is 52.6 Å². The molecule has 4 nitrogen and oxygen atoms in total. The predicted octanol–water partition coefficient (Wildman–Crippen LogP) is 0.606. The molecule has 0 fully saturated rings. The molecule has 0 aromatic carbocycles. The lowest BCUT2D eigenvalue weighted by Gasteiger charge is -1.98. The molecule has 0 atom stereocenters. The highest BCUT2D eigenvalue weighted by Gasteiger charge is 2.08. The Hall–Kier alpha value is -1.78. The van der Waals surface area contributed by atoms with Gasteiger partial charge in [-0.25, -0.2) is 27.2 Å². The number of hydrogen-bond donors (Lipinski definition) is 0. The van der Waals surface area contributed by atoms with E-state index in [-0.39, 0.29) is 0 Å². The fourth-order valence-corrected chi connectivity index (χ4v) is 0.452. The Morgan fingerprint density at radius 2 is 1.19 bits per heavy atom. The summed E-state index contributed by atoms with van der Waals surface area (Å²) in [5.41, 5.74) is 0. The first-order valence-electron chi connectivity index (χ1n) is 3.83. The van der Waals surface area contributed by atoms with E-state index in [1.165, 1.54) is 11.8 Å². The molecule has 8 heteroatoms. The average molecular weight is 242 g/mol. The Morgan fingerprint density at radius 1 is 0.875 bits per heavy atom. The summed E-state index contributed by atoms with van der Waals surface area (Å²) in [6.07, 6.45) is -5.70. The Bertz CT molecular complexity index is 277. The molecule has 0 rings (SSSR count). The van der Waals surface area contributed by atoms with Crippen molar-refractivity contribution in [1.29, 1.82) is 0 Å². The Morgan fingerprint density at radius 3 is 1.44 bits per heavy atom. The molecular formula is C8H6F4O4. The first-order valence-corrected chi connectivity index (χ1v) is 3.83. The Balaban J connectivity index is 3.89. The van der Waals surface area contributed by atoms with Crippen molar-refractivity contribution in [3.8, 4) is 11.8 Å². The van der Waals surface area contributed by atoms with Gasteiger partial charge in [0, 0.05) is 11.8 Å².